The van der Waals surface area contributed by atoms with Gasteiger partial charge in [0.25, 0.3) is 5.56 Å². The van der Waals surface area contributed by atoms with E-state index < -0.39 is 0 Å². The SMILES string of the molecule is CCOC(=O)C1CCN=C1OCC.O=c1[nH]c(-c2ccc(Cl)s2)nc2c1CCC2. The lowest BCUT2D eigenvalue weighted by Crippen LogP contribution is -2.25. The zero-order valence-corrected chi connectivity index (χ0v) is 18.1. The molecule has 0 amide bonds. The monoisotopic (exact) mass is 437 g/mol. The van der Waals surface area contributed by atoms with Crippen molar-refractivity contribution in [2.24, 2.45) is 10.9 Å². The van der Waals surface area contributed by atoms with Crippen LogP contribution in [0.3, 0.4) is 0 Å². The van der Waals surface area contributed by atoms with E-state index in [0.29, 0.717) is 42.2 Å². The summed E-state index contributed by atoms with van der Waals surface area (Å²) >= 11 is 7.29. The second-order valence-corrected chi connectivity index (χ2v) is 8.26. The molecule has 1 N–H and O–H groups in total. The minimum absolute atomic E-state index is 0.00187. The minimum atomic E-state index is -0.264. The van der Waals surface area contributed by atoms with E-state index >= 15 is 0 Å². The molecule has 9 heteroatoms. The van der Waals surface area contributed by atoms with Crippen LogP contribution in [-0.2, 0) is 27.1 Å². The number of nitrogens with zero attached hydrogens (tertiary/aromatic N) is 2. The Balaban J connectivity index is 0.000000170. The van der Waals surface area contributed by atoms with Gasteiger partial charge >= 0.3 is 5.97 Å². The predicted molar refractivity (Wildman–Crippen MR) is 114 cm³/mol. The second kappa shape index (κ2) is 10.0. The second-order valence-electron chi connectivity index (χ2n) is 6.54. The van der Waals surface area contributed by atoms with E-state index in [1.54, 1.807) is 6.92 Å². The van der Waals surface area contributed by atoms with Gasteiger partial charge in [0.2, 0.25) is 0 Å². The number of hydrogen-bond acceptors (Lipinski definition) is 7. The Kier molecular flexibility index (Phi) is 7.44. The summed E-state index contributed by atoms with van der Waals surface area (Å²) < 4.78 is 10.8. The molecule has 0 saturated heterocycles. The smallest absolute Gasteiger partial charge is 0.318 e. The van der Waals surface area contributed by atoms with Crippen LogP contribution in [-0.4, -0.2) is 41.6 Å². The van der Waals surface area contributed by atoms with Gasteiger partial charge < -0.3 is 14.5 Å². The number of carbonyl (C=O) groups is 1. The third kappa shape index (κ3) is 5.25. The highest BCUT2D eigenvalue weighted by molar-refractivity contribution is 7.19. The van der Waals surface area contributed by atoms with Gasteiger partial charge in [-0.05, 0) is 51.7 Å². The van der Waals surface area contributed by atoms with Crippen LogP contribution in [0.5, 0.6) is 0 Å². The van der Waals surface area contributed by atoms with Crippen LogP contribution in [0.15, 0.2) is 21.9 Å². The van der Waals surface area contributed by atoms with Crippen molar-refractivity contribution in [3.8, 4) is 10.7 Å². The van der Waals surface area contributed by atoms with Crippen molar-refractivity contribution in [3.05, 3.63) is 38.1 Å². The van der Waals surface area contributed by atoms with Gasteiger partial charge in [0.05, 0.1) is 28.1 Å². The molecule has 1 aliphatic carbocycles. The van der Waals surface area contributed by atoms with Crippen molar-refractivity contribution in [2.45, 2.75) is 39.5 Å². The lowest BCUT2D eigenvalue weighted by Gasteiger charge is -2.11. The van der Waals surface area contributed by atoms with Gasteiger partial charge in [-0.1, -0.05) is 11.6 Å². The molecule has 156 valence electrons. The molecule has 0 aromatic carbocycles. The van der Waals surface area contributed by atoms with Crippen molar-refractivity contribution >= 4 is 34.8 Å². The summed E-state index contributed by atoms with van der Waals surface area (Å²) in [5, 5.41) is 0. The Labute approximate surface area is 178 Å². The van der Waals surface area contributed by atoms with Crippen LogP contribution in [0.2, 0.25) is 4.34 Å². The lowest BCUT2D eigenvalue weighted by molar-refractivity contribution is -0.145. The number of esters is 1. The maximum Gasteiger partial charge on any atom is 0.318 e. The Bertz CT molecular complexity index is 953. The number of aryl methyl sites for hydroxylation is 1. The summed E-state index contributed by atoms with van der Waals surface area (Å²) in [7, 11) is 0. The first-order valence-corrected chi connectivity index (χ1v) is 10.9. The van der Waals surface area contributed by atoms with E-state index in [4.69, 9.17) is 21.1 Å². The highest BCUT2D eigenvalue weighted by Crippen LogP contribution is 2.29. The average molecular weight is 438 g/mol. The molecule has 1 unspecified atom stereocenters. The molecule has 4 rings (SSSR count). The third-order valence-electron chi connectivity index (χ3n) is 4.59. The van der Waals surface area contributed by atoms with E-state index in [-0.39, 0.29) is 17.4 Å². The number of halogens is 1. The fourth-order valence-electron chi connectivity index (χ4n) is 3.29. The van der Waals surface area contributed by atoms with Crippen LogP contribution in [0.1, 0.15) is 37.9 Å². The number of thiophene rings is 1. The van der Waals surface area contributed by atoms with Crippen LogP contribution < -0.4 is 5.56 Å². The number of nitrogens with one attached hydrogen (secondary N) is 1. The molecule has 2 aromatic rings. The van der Waals surface area contributed by atoms with E-state index in [1.807, 2.05) is 19.1 Å². The summed E-state index contributed by atoms with van der Waals surface area (Å²) in [4.78, 5) is 35.5. The molecule has 0 fully saturated rings. The number of rotatable bonds is 4. The van der Waals surface area contributed by atoms with E-state index in [9.17, 15) is 9.59 Å². The van der Waals surface area contributed by atoms with Crippen LogP contribution in [0, 0.1) is 5.92 Å². The van der Waals surface area contributed by atoms with E-state index in [0.717, 1.165) is 35.4 Å². The minimum Gasteiger partial charge on any atom is -0.481 e. The van der Waals surface area contributed by atoms with E-state index in [1.165, 1.54) is 11.3 Å². The molecule has 29 heavy (non-hydrogen) atoms. The number of aromatic amines is 1. The Morgan fingerprint density at radius 3 is 2.83 bits per heavy atom. The van der Waals surface area contributed by atoms with Crippen molar-refractivity contribution in [3.63, 3.8) is 0 Å². The Morgan fingerprint density at radius 2 is 2.14 bits per heavy atom. The van der Waals surface area contributed by atoms with Gasteiger partial charge in [-0.3, -0.25) is 14.6 Å². The maximum atomic E-state index is 11.8. The summed E-state index contributed by atoms with van der Waals surface area (Å²) in [5.41, 5.74) is 1.80. The van der Waals surface area contributed by atoms with Gasteiger partial charge in [-0.2, -0.15) is 0 Å². The van der Waals surface area contributed by atoms with E-state index in [2.05, 4.69) is 15.0 Å². The van der Waals surface area contributed by atoms with Crippen molar-refractivity contribution < 1.29 is 14.3 Å². The third-order valence-corrected chi connectivity index (χ3v) is 5.83. The molecule has 0 bridgehead atoms. The lowest BCUT2D eigenvalue weighted by atomic mass is 10.1. The number of H-pyrrole nitrogens is 1. The molecule has 2 aromatic heterocycles. The van der Waals surface area contributed by atoms with Gasteiger partial charge in [0.15, 0.2) is 11.7 Å². The van der Waals surface area contributed by atoms with Crippen molar-refractivity contribution in [1.82, 2.24) is 9.97 Å². The summed E-state index contributed by atoms with van der Waals surface area (Å²) in [6.45, 7) is 5.30. The zero-order valence-electron chi connectivity index (χ0n) is 16.5. The molecule has 7 nitrogen and oxygen atoms in total. The molecule has 1 aliphatic heterocycles. The van der Waals surface area contributed by atoms with Crippen LogP contribution >= 0.6 is 22.9 Å². The average Bonchev–Trinajstić information content (AvgIpc) is 3.43. The van der Waals surface area contributed by atoms with Crippen LogP contribution in [0.25, 0.3) is 10.7 Å². The largest absolute Gasteiger partial charge is 0.481 e. The Morgan fingerprint density at radius 1 is 1.31 bits per heavy atom. The number of fused-ring (bicyclic) bond motifs is 1. The molecule has 3 heterocycles. The van der Waals surface area contributed by atoms with Gasteiger partial charge in [-0.25, -0.2) is 4.98 Å². The topological polar surface area (TPSA) is 93.6 Å². The summed E-state index contributed by atoms with van der Waals surface area (Å²) in [6, 6.07) is 3.70. The standard InChI is InChI=1S/C11H9ClN2OS.C9H15NO3/c12-9-5-4-8(16-9)10-13-7-3-1-2-6(7)11(15)14-10;1-3-12-8-7(5-6-10-8)9(11)13-4-2/h4-5H,1-3H2,(H,13,14,15);7H,3-6H2,1-2H3. The maximum absolute atomic E-state index is 11.8. The first-order valence-electron chi connectivity index (χ1n) is 9.75. The fraction of sp³-hybridized carbons (Fsp3) is 0.500. The number of carbonyl (C=O) groups excluding carboxylic acids is 1. The normalized spacial score (nSPS) is 17.2. The summed E-state index contributed by atoms with van der Waals surface area (Å²) in [5.74, 6) is 0.704. The first-order chi connectivity index (χ1) is 14.0. The van der Waals surface area contributed by atoms with Gasteiger partial charge in [-0.15, -0.1) is 11.3 Å². The van der Waals surface area contributed by atoms with Crippen LogP contribution in [0.4, 0.5) is 0 Å². The number of aliphatic imine (C=N–C) groups is 1. The highest BCUT2D eigenvalue weighted by atomic mass is 35.5. The number of aromatic nitrogens is 2. The molecule has 0 saturated carbocycles. The Hall–Kier alpha value is -2.19. The van der Waals surface area contributed by atoms with Crippen molar-refractivity contribution in [1.29, 1.82) is 0 Å². The quantitative estimate of drug-likeness (QED) is 0.737. The molecule has 0 spiro atoms. The zero-order chi connectivity index (χ0) is 20.8. The van der Waals surface area contributed by atoms with Gasteiger partial charge in [0.1, 0.15) is 5.92 Å². The molecule has 1 atom stereocenters. The molecule has 0 radical (unpaired) electrons. The molecular weight excluding hydrogens is 414 g/mol. The molecule has 2 aliphatic rings. The number of hydrogen-bond donors (Lipinski definition) is 1. The predicted octanol–water partition coefficient (Wildman–Crippen LogP) is 3.64. The summed E-state index contributed by atoms with van der Waals surface area (Å²) in [6.07, 6.45) is 3.50. The first kappa shape index (κ1) is 21.5. The fourth-order valence-corrected chi connectivity index (χ4v) is 4.28. The van der Waals surface area contributed by atoms with Gasteiger partial charge in [0, 0.05) is 12.1 Å². The van der Waals surface area contributed by atoms with Crippen molar-refractivity contribution in [2.75, 3.05) is 19.8 Å². The highest BCUT2D eigenvalue weighted by Gasteiger charge is 2.30. The molecular formula is C20H24ClN3O4S. The number of ether oxygens (including phenoxy) is 2.